The molecule has 2 nitrogen and oxygen atoms in total. The van der Waals surface area contributed by atoms with Crippen LogP contribution in [-0.2, 0) is 23.2 Å². The third-order valence-corrected chi connectivity index (χ3v) is 3.55. The average molecular weight is 268 g/mol. The van der Waals surface area contributed by atoms with Crippen LogP contribution < -0.4 is 0 Å². The lowest BCUT2D eigenvalue weighted by Crippen LogP contribution is -2.26. The van der Waals surface area contributed by atoms with Crippen LogP contribution in [0.25, 0.3) is 0 Å². The van der Waals surface area contributed by atoms with E-state index in [-0.39, 0.29) is 17.4 Å². The van der Waals surface area contributed by atoms with Crippen molar-refractivity contribution in [2.24, 2.45) is 0 Å². The predicted octanol–water partition coefficient (Wildman–Crippen LogP) is 4.11. The number of hydrogen-bond donors (Lipinski definition) is 0. The fourth-order valence-electron chi connectivity index (χ4n) is 2.64. The number of aromatic nitrogens is 2. The molecule has 0 aliphatic heterocycles. The summed E-state index contributed by atoms with van der Waals surface area (Å²) in [6.45, 7) is 11.7. The molecule has 1 aliphatic carbocycles. The number of nitrogens with zero attached hydrogens (tertiary/aromatic N) is 2. The molecule has 19 heavy (non-hydrogen) atoms. The number of fused-ring (bicyclic) bond motifs is 1. The molecule has 1 aliphatic rings. The summed E-state index contributed by atoms with van der Waals surface area (Å²) in [7, 11) is 0. The van der Waals surface area contributed by atoms with Gasteiger partial charge in [0.15, 0.2) is 0 Å². The molecule has 0 aromatic carbocycles. The molecule has 0 saturated carbocycles. The first-order valence-corrected chi connectivity index (χ1v) is 6.73. The molecule has 0 atom stereocenters. The summed E-state index contributed by atoms with van der Waals surface area (Å²) in [6.07, 6.45) is 0.273. The second-order valence-corrected chi connectivity index (χ2v) is 7.46. The van der Waals surface area contributed by atoms with Crippen LogP contribution in [0.3, 0.4) is 0 Å². The highest BCUT2D eigenvalue weighted by atomic mass is 19.3. The van der Waals surface area contributed by atoms with Crippen LogP contribution in [0.15, 0.2) is 0 Å². The van der Waals surface area contributed by atoms with Crippen LogP contribution in [0, 0.1) is 0 Å². The quantitative estimate of drug-likeness (QED) is 0.707. The zero-order chi connectivity index (χ0) is 14.6. The lowest BCUT2D eigenvalue weighted by molar-refractivity contribution is -0.00392. The zero-order valence-corrected chi connectivity index (χ0v) is 12.6. The van der Waals surface area contributed by atoms with Gasteiger partial charge in [-0.15, -0.1) is 0 Å². The van der Waals surface area contributed by atoms with Crippen molar-refractivity contribution >= 4 is 0 Å². The van der Waals surface area contributed by atoms with Crippen LogP contribution in [-0.4, -0.2) is 10.2 Å². The van der Waals surface area contributed by atoms with E-state index in [1.807, 2.05) is 41.5 Å². The van der Waals surface area contributed by atoms with Crippen molar-refractivity contribution in [2.75, 3.05) is 0 Å². The fourth-order valence-corrected chi connectivity index (χ4v) is 2.64. The van der Waals surface area contributed by atoms with Gasteiger partial charge in [0, 0.05) is 22.8 Å². The Bertz CT molecular complexity index is 508. The molecule has 0 bridgehead atoms. The molecule has 4 heteroatoms. The number of rotatable bonds is 0. The Kier molecular flexibility index (Phi) is 3.00. The summed E-state index contributed by atoms with van der Waals surface area (Å²) in [5, 5.41) is 8.42. The van der Waals surface area contributed by atoms with Crippen molar-refractivity contribution in [3.05, 3.63) is 22.5 Å². The van der Waals surface area contributed by atoms with Crippen molar-refractivity contribution in [1.29, 1.82) is 0 Å². The Morgan fingerprint density at radius 1 is 0.895 bits per heavy atom. The predicted molar refractivity (Wildman–Crippen MR) is 71.6 cm³/mol. The average Bonchev–Trinajstić information content (AvgIpc) is 2.51. The first-order valence-electron chi connectivity index (χ1n) is 6.73. The van der Waals surface area contributed by atoms with E-state index >= 15 is 0 Å². The first-order chi connectivity index (χ1) is 8.44. The Balaban J connectivity index is 2.76. The van der Waals surface area contributed by atoms with Crippen molar-refractivity contribution in [3.8, 4) is 0 Å². The van der Waals surface area contributed by atoms with Gasteiger partial charge in [-0.05, 0) is 12.0 Å². The summed E-state index contributed by atoms with van der Waals surface area (Å²) in [5.41, 5.74) is 1.35. The van der Waals surface area contributed by atoms with Crippen LogP contribution in [0.2, 0.25) is 0 Å². The summed E-state index contributed by atoms with van der Waals surface area (Å²) in [4.78, 5) is 0. The Hall–Kier alpha value is -1.06. The smallest absolute Gasteiger partial charge is 0.201 e. The molecule has 0 fully saturated rings. The summed E-state index contributed by atoms with van der Waals surface area (Å²) in [5.74, 6) is -2.77. The molecule has 1 heterocycles. The van der Waals surface area contributed by atoms with Crippen LogP contribution in [0.5, 0.6) is 0 Å². The van der Waals surface area contributed by atoms with E-state index in [4.69, 9.17) is 0 Å². The number of hydrogen-bond acceptors (Lipinski definition) is 2. The minimum Gasteiger partial charge on any atom is -0.201 e. The normalized spacial score (nSPS) is 18.5. The van der Waals surface area contributed by atoms with Gasteiger partial charge >= 0.3 is 0 Å². The second kappa shape index (κ2) is 3.97. The maximum absolute atomic E-state index is 14.2. The molecular weight excluding hydrogens is 246 g/mol. The van der Waals surface area contributed by atoms with Gasteiger partial charge in [-0.1, -0.05) is 41.5 Å². The highest BCUT2D eigenvalue weighted by Crippen LogP contribution is 2.47. The van der Waals surface area contributed by atoms with Crippen LogP contribution in [0.1, 0.15) is 70.5 Å². The molecule has 0 radical (unpaired) electrons. The van der Waals surface area contributed by atoms with Gasteiger partial charge in [0.2, 0.25) is 0 Å². The van der Waals surface area contributed by atoms with Crippen molar-refractivity contribution < 1.29 is 8.78 Å². The van der Waals surface area contributed by atoms with Crippen molar-refractivity contribution in [3.63, 3.8) is 0 Å². The standard InChI is InChI=1S/C15H22F2N2/c1-13(2,3)11-9-7-8-15(16,17)10(9)12(19-18-11)14(4,5)6/h7-8H2,1-6H3. The lowest BCUT2D eigenvalue weighted by Gasteiger charge is -2.27. The first kappa shape index (κ1) is 14.4. The molecule has 0 unspecified atom stereocenters. The molecule has 0 spiro atoms. The lowest BCUT2D eigenvalue weighted by atomic mass is 9.83. The minimum absolute atomic E-state index is 0.123. The summed E-state index contributed by atoms with van der Waals surface area (Å²) in [6, 6.07) is 0. The maximum Gasteiger partial charge on any atom is 0.275 e. The maximum atomic E-state index is 14.2. The molecule has 1 aromatic heterocycles. The van der Waals surface area contributed by atoms with Gasteiger partial charge in [0.1, 0.15) is 0 Å². The molecular formula is C15H22F2N2. The van der Waals surface area contributed by atoms with Gasteiger partial charge in [-0.2, -0.15) is 10.2 Å². The van der Waals surface area contributed by atoms with E-state index in [9.17, 15) is 8.78 Å². The molecule has 0 N–H and O–H groups in total. The largest absolute Gasteiger partial charge is 0.275 e. The van der Waals surface area contributed by atoms with Gasteiger partial charge in [-0.25, -0.2) is 8.78 Å². The Morgan fingerprint density at radius 3 is 1.84 bits per heavy atom. The highest BCUT2D eigenvalue weighted by molar-refractivity contribution is 5.45. The highest BCUT2D eigenvalue weighted by Gasteiger charge is 2.46. The van der Waals surface area contributed by atoms with Crippen LogP contribution in [0.4, 0.5) is 8.78 Å². The topological polar surface area (TPSA) is 25.8 Å². The SMILES string of the molecule is CC(C)(C)c1nnc(C(C)(C)C)c2c1CCC2(F)F. The number of halogens is 2. The van der Waals surface area contributed by atoms with E-state index in [0.717, 1.165) is 5.56 Å². The Morgan fingerprint density at radius 2 is 1.37 bits per heavy atom. The second-order valence-electron chi connectivity index (χ2n) is 7.46. The third-order valence-electron chi connectivity index (χ3n) is 3.55. The monoisotopic (exact) mass is 268 g/mol. The van der Waals surface area contributed by atoms with Gasteiger partial charge < -0.3 is 0 Å². The van der Waals surface area contributed by atoms with E-state index in [0.29, 0.717) is 17.8 Å². The van der Waals surface area contributed by atoms with Crippen LogP contribution >= 0.6 is 0 Å². The summed E-state index contributed by atoms with van der Waals surface area (Å²) < 4.78 is 28.5. The van der Waals surface area contributed by atoms with E-state index in [1.165, 1.54) is 0 Å². The van der Waals surface area contributed by atoms with Gasteiger partial charge in [-0.3, -0.25) is 0 Å². The zero-order valence-electron chi connectivity index (χ0n) is 12.6. The minimum atomic E-state index is -2.77. The molecule has 1 aromatic rings. The van der Waals surface area contributed by atoms with E-state index in [1.54, 1.807) is 0 Å². The third kappa shape index (κ3) is 2.37. The molecule has 106 valence electrons. The Labute approximate surface area is 113 Å². The van der Waals surface area contributed by atoms with Gasteiger partial charge in [0.05, 0.1) is 11.4 Å². The number of alkyl halides is 2. The molecule has 2 rings (SSSR count). The van der Waals surface area contributed by atoms with Crippen molar-refractivity contribution in [2.45, 2.75) is 71.1 Å². The van der Waals surface area contributed by atoms with E-state index in [2.05, 4.69) is 10.2 Å². The van der Waals surface area contributed by atoms with Crippen molar-refractivity contribution in [1.82, 2.24) is 10.2 Å². The fraction of sp³-hybridized carbons (Fsp3) is 0.733. The van der Waals surface area contributed by atoms with Gasteiger partial charge in [0.25, 0.3) is 5.92 Å². The molecule has 0 amide bonds. The summed E-state index contributed by atoms with van der Waals surface area (Å²) >= 11 is 0. The molecule has 0 saturated heterocycles. The van der Waals surface area contributed by atoms with E-state index < -0.39 is 11.3 Å².